The van der Waals surface area contributed by atoms with Crippen LogP contribution in [0.3, 0.4) is 0 Å². The molecule has 0 unspecified atom stereocenters. The minimum Gasteiger partial charge on any atom is -0.481 e. The van der Waals surface area contributed by atoms with Crippen molar-refractivity contribution < 1.29 is 14.7 Å². The van der Waals surface area contributed by atoms with Crippen molar-refractivity contribution in [3.05, 3.63) is 22.4 Å². The molecule has 92 valence electrons. The van der Waals surface area contributed by atoms with E-state index in [1.54, 1.807) is 0 Å². The molecular formula is C12H15NO3S. The molecule has 0 saturated heterocycles. The van der Waals surface area contributed by atoms with Crippen LogP contribution in [0.5, 0.6) is 0 Å². The van der Waals surface area contributed by atoms with Gasteiger partial charge in [-0.3, -0.25) is 9.59 Å². The number of nitrogens with one attached hydrogen (secondary N) is 1. The Bertz CT molecular complexity index is 415. The van der Waals surface area contributed by atoms with Crippen LogP contribution in [0.1, 0.15) is 30.7 Å². The summed E-state index contributed by atoms with van der Waals surface area (Å²) in [5.74, 6) is -0.403. The first kappa shape index (κ1) is 12.1. The molecule has 17 heavy (non-hydrogen) atoms. The van der Waals surface area contributed by atoms with Crippen LogP contribution < -0.4 is 5.32 Å². The maximum absolute atomic E-state index is 11.8. The molecule has 1 fully saturated rings. The Hall–Kier alpha value is -1.36. The summed E-state index contributed by atoms with van der Waals surface area (Å²) in [5.41, 5.74) is 0. The molecule has 0 aromatic carbocycles. The number of rotatable bonds is 5. The zero-order valence-corrected chi connectivity index (χ0v) is 10.4. The molecule has 2 rings (SSSR count). The molecule has 1 aromatic rings. The molecule has 1 heterocycles. The summed E-state index contributed by atoms with van der Waals surface area (Å²) in [5, 5.41) is 13.6. The average Bonchev–Trinajstić information content (AvgIpc) is 2.80. The third kappa shape index (κ3) is 3.06. The topological polar surface area (TPSA) is 66.4 Å². The minimum atomic E-state index is -0.896. The van der Waals surface area contributed by atoms with Gasteiger partial charge in [-0.1, -0.05) is 13.0 Å². The van der Waals surface area contributed by atoms with E-state index in [-0.39, 0.29) is 18.2 Å². The lowest BCUT2D eigenvalue weighted by Gasteiger charge is -2.15. The number of aliphatic carboxylic acids is 1. The van der Waals surface area contributed by atoms with Crippen molar-refractivity contribution in [1.82, 2.24) is 5.32 Å². The molecule has 2 N–H and O–H groups in total. The van der Waals surface area contributed by atoms with Crippen LogP contribution in [0.15, 0.2) is 17.5 Å². The first-order chi connectivity index (χ1) is 8.08. The second kappa shape index (κ2) is 4.87. The summed E-state index contributed by atoms with van der Waals surface area (Å²) in [7, 11) is 0. The van der Waals surface area contributed by atoms with Crippen LogP contribution in [0.25, 0.3) is 0 Å². The summed E-state index contributed by atoms with van der Waals surface area (Å²) >= 11 is 1.47. The smallest absolute Gasteiger partial charge is 0.305 e. The normalized spacial score (nSPS) is 24.1. The van der Waals surface area contributed by atoms with Gasteiger partial charge in [-0.25, -0.2) is 0 Å². The summed E-state index contributed by atoms with van der Waals surface area (Å²) < 4.78 is 0. The molecule has 0 radical (unpaired) electrons. The zero-order valence-electron chi connectivity index (χ0n) is 9.55. The van der Waals surface area contributed by atoms with Gasteiger partial charge in [-0.2, -0.15) is 0 Å². The molecule has 4 nitrogen and oxygen atoms in total. The quantitative estimate of drug-likeness (QED) is 0.843. The average molecular weight is 253 g/mol. The van der Waals surface area contributed by atoms with Crippen LogP contribution in [0.4, 0.5) is 0 Å². The number of carbonyl (C=O) groups is 2. The molecule has 0 aliphatic heterocycles. The first-order valence-corrected chi connectivity index (χ1v) is 6.51. The van der Waals surface area contributed by atoms with E-state index in [1.165, 1.54) is 11.3 Å². The molecule has 1 amide bonds. The Balaban J connectivity index is 2.00. The maximum atomic E-state index is 11.8. The standard InChI is InChI=1S/C12H15NO3S/c1-7-5-8(7)12(16)13-9(6-11(14)15)10-3-2-4-17-10/h2-4,7-9H,5-6H2,1H3,(H,13,16)(H,14,15)/t7-,8-,9-/m1/s1. The summed E-state index contributed by atoms with van der Waals surface area (Å²) in [6, 6.07) is 3.32. The zero-order chi connectivity index (χ0) is 12.4. The number of carboxylic acids is 1. The van der Waals surface area contributed by atoms with E-state index in [1.807, 2.05) is 24.4 Å². The predicted molar refractivity (Wildman–Crippen MR) is 64.7 cm³/mol. The van der Waals surface area contributed by atoms with E-state index in [0.29, 0.717) is 5.92 Å². The predicted octanol–water partition coefficient (Wildman–Crippen LogP) is 2.04. The van der Waals surface area contributed by atoms with Crippen LogP contribution in [-0.2, 0) is 9.59 Å². The van der Waals surface area contributed by atoms with Crippen LogP contribution in [-0.4, -0.2) is 17.0 Å². The van der Waals surface area contributed by atoms with Crippen molar-refractivity contribution >= 4 is 23.2 Å². The largest absolute Gasteiger partial charge is 0.481 e. The van der Waals surface area contributed by atoms with Gasteiger partial charge in [0.05, 0.1) is 12.5 Å². The second-order valence-electron chi connectivity index (χ2n) is 4.49. The molecule has 5 heteroatoms. The highest BCUT2D eigenvalue weighted by atomic mass is 32.1. The van der Waals surface area contributed by atoms with E-state index in [4.69, 9.17) is 5.11 Å². The maximum Gasteiger partial charge on any atom is 0.305 e. The number of amides is 1. The Morgan fingerprint density at radius 1 is 1.65 bits per heavy atom. The number of hydrogen-bond acceptors (Lipinski definition) is 3. The van der Waals surface area contributed by atoms with E-state index in [2.05, 4.69) is 5.32 Å². The number of hydrogen-bond donors (Lipinski definition) is 2. The number of carbonyl (C=O) groups excluding carboxylic acids is 1. The van der Waals surface area contributed by atoms with Crippen molar-refractivity contribution in [1.29, 1.82) is 0 Å². The van der Waals surface area contributed by atoms with Gasteiger partial charge in [0.1, 0.15) is 0 Å². The van der Waals surface area contributed by atoms with Crippen molar-refractivity contribution in [2.45, 2.75) is 25.8 Å². The van der Waals surface area contributed by atoms with E-state index < -0.39 is 12.0 Å². The fraction of sp³-hybridized carbons (Fsp3) is 0.500. The Morgan fingerprint density at radius 2 is 2.35 bits per heavy atom. The van der Waals surface area contributed by atoms with Crippen molar-refractivity contribution in [2.75, 3.05) is 0 Å². The highest BCUT2D eigenvalue weighted by Gasteiger charge is 2.40. The van der Waals surface area contributed by atoms with Crippen molar-refractivity contribution in [3.63, 3.8) is 0 Å². The molecular weight excluding hydrogens is 238 g/mol. The minimum absolute atomic E-state index is 0.0165. The summed E-state index contributed by atoms with van der Waals surface area (Å²) in [6.45, 7) is 2.03. The molecule has 1 aliphatic carbocycles. The van der Waals surface area contributed by atoms with E-state index in [9.17, 15) is 9.59 Å². The molecule has 1 aromatic heterocycles. The van der Waals surface area contributed by atoms with Gasteiger partial charge in [0.25, 0.3) is 0 Å². The van der Waals surface area contributed by atoms with Crippen LogP contribution in [0, 0.1) is 11.8 Å². The van der Waals surface area contributed by atoms with Crippen molar-refractivity contribution in [3.8, 4) is 0 Å². The molecule has 0 bridgehead atoms. The van der Waals surface area contributed by atoms with Crippen LogP contribution >= 0.6 is 11.3 Å². The van der Waals surface area contributed by atoms with Gasteiger partial charge < -0.3 is 10.4 Å². The number of thiophene rings is 1. The lowest BCUT2D eigenvalue weighted by atomic mass is 10.1. The summed E-state index contributed by atoms with van der Waals surface area (Å²) in [6.07, 6.45) is 0.851. The van der Waals surface area contributed by atoms with E-state index in [0.717, 1.165) is 11.3 Å². The van der Waals surface area contributed by atoms with Gasteiger partial charge in [0.15, 0.2) is 0 Å². The monoisotopic (exact) mass is 253 g/mol. The molecule has 0 spiro atoms. The number of carboxylic acid groups (broad SMARTS) is 1. The third-order valence-corrected chi connectivity index (χ3v) is 4.01. The van der Waals surface area contributed by atoms with E-state index >= 15 is 0 Å². The van der Waals surface area contributed by atoms with Gasteiger partial charge in [-0.05, 0) is 23.8 Å². The molecule has 1 saturated carbocycles. The fourth-order valence-corrected chi connectivity index (χ4v) is 2.63. The van der Waals surface area contributed by atoms with Gasteiger partial charge >= 0.3 is 5.97 Å². The van der Waals surface area contributed by atoms with Crippen molar-refractivity contribution in [2.24, 2.45) is 11.8 Å². The van der Waals surface area contributed by atoms with Gasteiger partial charge in [-0.15, -0.1) is 11.3 Å². The highest BCUT2D eigenvalue weighted by molar-refractivity contribution is 7.10. The van der Waals surface area contributed by atoms with Crippen LogP contribution in [0.2, 0.25) is 0 Å². The first-order valence-electron chi connectivity index (χ1n) is 5.63. The highest BCUT2D eigenvalue weighted by Crippen LogP contribution is 2.38. The Kier molecular flexibility index (Phi) is 3.47. The fourth-order valence-electron chi connectivity index (χ4n) is 1.85. The Morgan fingerprint density at radius 3 is 2.82 bits per heavy atom. The third-order valence-electron chi connectivity index (χ3n) is 3.03. The molecule has 1 aliphatic rings. The Labute approximate surface area is 104 Å². The second-order valence-corrected chi connectivity index (χ2v) is 5.47. The van der Waals surface area contributed by atoms with Gasteiger partial charge in [0.2, 0.25) is 5.91 Å². The lowest BCUT2D eigenvalue weighted by molar-refractivity contribution is -0.137. The molecule has 3 atom stereocenters. The lowest BCUT2D eigenvalue weighted by Crippen LogP contribution is -2.31. The van der Waals surface area contributed by atoms with Gasteiger partial charge in [0, 0.05) is 10.8 Å². The summed E-state index contributed by atoms with van der Waals surface area (Å²) in [4.78, 5) is 23.5. The SMILES string of the molecule is C[C@@H]1C[C@H]1C(=O)N[C@H](CC(=O)O)c1cccs1.